The van der Waals surface area contributed by atoms with Crippen molar-refractivity contribution in [2.45, 2.75) is 19.8 Å². The summed E-state index contributed by atoms with van der Waals surface area (Å²) in [5.41, 5.74) is 2.51. The van der Waals surface area contributed by atoms with Gasteiger partial charge in [-0.1, -0.05) is 0 Å². The average molecular weight is 150 g/mol. The first-order valence-electron chi connectivity index (χ1n) is 4.38. The summed E-state index contributed by atoms with van der Waals surface area (Å²) in [5.74, 6) is 3.03. The van der Waals surface area contributed by atoms with Gasteiger partial charge in [0.05, 0.1) is 0 Å². The summed E-state index contributed by atoms with van der Waals surface area (Å²) in [6.07, 6.45) is 2.37. The predicted molar refractivity (Wildman–Crippen MR) is 53.1 cm³/mol. The Morgan fingerprint density at radius 2 is 1.92 bits per heavy atom. The minimum atomic E-state index is 1.11. The Morgan fingerprint density at radius 1 is 1.25 bits per heavy atom. The van der Waals surface area contributed by atoms with Gasteiger partial charge in [-0.05, 0) is 0 Å². The average Bonchev–Trinajstić information content (AvgIpc) is 2.09. The van der Waals surface area contributed by atoms with Crippen LogP contribution in [0.2, 0.25) is 0 Å². The molecule has 0 spiro atoms. The molecule has 0 amide bonds. The Kier molecular flexibility index (Phi) is 4.02. The SMILES string of the molecule is [Li][C]#Cc1ccc(CCC)cc1. The van der Waals surface area contributed by atoms with Crippen molar-refractivity contribution in [3.05, 3.63) is 35.4 Å². The second-order valence-electron chi connectivity index (χ2n) is 2.82. The van der Waals surface area contributed by atoms with Gasteiger partial charge in [-0.3, -0.25) is 0 Å². The molecule has 0 heterocycles. The van der Waals surface area contributed by atoms with E-state index >= 15 is 0 Å². The van der Waals surface area contributed by atoms with E-state index in [-0.39, 0.29) is 0 Å². The van der Waals surface area contributed by atoms with Crippen molar-refractivity contribution in [2.24, 2.45) is 0 Å². The van der Waals surface area contributed by atoms with Crippen LogP contribution in [0.4, 0.5) is 0 Å². The van der Waals surface area contributed by atoms with E-state index < -0.39 is 0 Å². The third-order valence-corrected chi connectivity index (χ3v) is 1.76. The molecular formula is C11H11Li. The molecule has 0 radical (unpaired) electrons. The first-order valence-corrected chi connectivity index (χ1v) is 4.38. The van der Waals surface area contributed by atoms with Gasteiger partial charge in [0.15, 0.2) is 0 Å². The second-order valence-corrected chi connectivity index (χ2v) is 2.82. The van der Waals surface area contributed by atoms with Gasteiger partial charge in [0, 0.05) is 0 Å². The Morgan fingerprint density at radius 3 is 2.42 bits per heavy atom. The van der Waals surface area contributed by atoms with Crippen molar-refractivity contribution in [2.75, 3.05) is 0 Å². The molecule has 12 heavy (non-hydrogen) atoms. The maximum atomic E-state index is 3.03. The standard InChI is InChI=1S/C11H11.Li/c1-3-5-11-8-6-10(4-2)7-9-11;/h6-9H,3,5H2,1H3;. The predicted octanol–water partition coefficient (Wildman–Crippen LogP) is 2.12. The van der Waals surface area contributed by atoms with Crippen LogP contribution in [0.25, 0.3) is 0 Å². The van der Waals surface area contributed by atoms with Crippen molar-refractivity contribution >= 4 is 17.7 Å². The Bertz CT molecular complexity index is 287. The zero-order chi connectivity index (χ0) is 8.81. The van der Waals surface area contributed by atoms with Gasteiger partial charge in [-0.2, -0.15) is 0 Å². The molecule has 1 aromatic rings. The van der Waals surface area contributed by atoms with Crippen LogP contribution in [0.3, 0.4) is 0 Å². The molecule has 0 saturated carbocycles. The quantitative estimate of drug-likeness (QED) is 0.447. The monoisotopic (exact) mass is 150 g/mol. The molecule has 56 valence electrons. The zero-order valence-electron chi connectivity index (χ0n) is 7.72. The molecule has 0 fully saturated rings. The third kappa shape index (κ3) is 2.78. The van der Waals surface area contributed by atoms with Crippen molar-refractivity contribution in [1.82, 2.24) is 0 Å². The Balaban J connectivity index is 2.76. The molecule has 0 atom stereocenters. The molecule has 0 unspecified atom stereocenters. The normalized spacial score (nSPS) is 8.92. The second kappa shape index (κ2) is 5.10. The number of benzene rings is 1. The first kappa shape index (κ1) is 9.47. The molecule has 1 aromatic carbocycles. The molecule has 0 N–H and O–H groups in total. The Labute approximate surface area is 83.6 Å². The van der Waals surface area contributed by atoms with E-state index in [1.165, 1.54) is 18.4 Å². The van der Waals surface area contributed by atoms with E-state index in [1.54, 1.807) is 0 Å². The van der Waals surface area contributed by atoms with E-state index in [0.717, 1.165) is 5.56 Å². The van der Waals surface area contributed by atoms with Crippen LogP contribution in [0.5, 0.6) is 0 Å². The van der Waals surface area contributed by atoms with Gasteiger partial charge < -0.3 is 0 Å². The van der Waals surface area contributed by atoms with Crippen LogP contribution in [0.15, 0.2) is 24.3 Å². The van der Waals surface area contributed by atoms with Crippen LogP contribution in [-0.4, -0.2) is 17.7 Å². The van der Waals surface area contributed by atoms with E-state index in [1.807, 2.05) is 17.7 Å². The number of rotatable bonds is 2. The van der Waals surface area contributed by atoms with Gasteiger partial charge in [0.2, 0.25) is 0 Å². The molecule has 1 heteroatoms. The summed E-state index contributed by atoms with van der Waals surface area (Å²) in [6.45, 7) is 2.19. The van der Waals surface area contributed by atoms with Crippen LogP contribution in [0, 0.1) is 10.5 Å². The molecule has 1 rings (SSSR count). The van der Waals surface area contributed by atoms with E-state index in [9.17, 15) is 0 Å². The summed E-state index contributed by atoms with van der Waals surface area (Å²) in [5, 5.41) is 0. The molecule has 0 aliphatic rings. The van der Waals surface area contributed by atoms with Crippen molar-refractivity contribution < 1.29 is 0 Å². The number of hydrogen-bond acceptors (Lipinski definition) is 0. The van der Waals surface area contributed by atoms with Crippen LogP contribution in [-0.2, 0) is 6.42 Å². The summed E-state index contributed by atoms with van der Waals surface area (Å²) < 4.78 is 2.89. The van der Waals surface area contributed by atoms with E-state index in [0.29, 0.717) is 0 Å². The molecule has 0 saturated heterocycles. The zero-order valence-corrected chi connectivity index (χ0v) is 7.72. The van der Waals surface area contributed by atoms with Crippen LogP contribution < -0.4 is 0 Å². The van der Waals surface area contributed by atoms with E-state index in [4.69, 9.17) is 0 Å². The molecule has 0 aromatic heterocycles. The van der Waals surface area contributed by atoms with E-state index in [2.05, 4.69) is 41.7 Å². The molecule has 0 nitrogen and oxygen atoms in total. The molecule has 0 bridgehead atoms. The van der Waals surface area contributed by atoms with Crippen molar-refractivity contribution in [3.8, 4) is 10.5 Å². The van der Waals surface area contributed by atoms with Gasteiger partial charge in [-0.25, -0.2) is 0 Å². The van der Waals surface area contributed by atoms with Crippen molar-refractivity contribution in [1.29, 1.82) is 0 Å². The summed E-state index contributed by atoms with van der Waals surface area (Å²) in [7, 11) is 0. The van der Waals surface area contributed by atoms with Gasteiger partial charge >= 0.3 is 83.4 Å². The van der Waals surface area contributed by atoms with Crippen molar-refractivity contribution in [3.63, 3.8) is 0 Å². The number of aryl methyl sites for hydroxylation is 1. The van der Waals surface area contributed by atoms with Crippen LogP contribution >= 0.6 is 0 Å². The minimum absolute atomic E-state index is 1.11. The van der Waals surface area contributed by atoms with Gasteiger partial charge in [0.1, 0.15) is 0 Å². The molecule has 0 aliphatic carbocycles. The fourth-order valence-electron chi connectivity index (χ4n) is 1.19. The fourth-order valence-corrected chi connectivity index (χ4v) is 1.19. The molecule has 0 aliphatic heterocycles. The van der Waals surface area contributed by atoms with Crippen LogP contribution in [0.1, 0.15) is 24.5 Å². The Hall–Kier alpha value is -0.623. The maximum absolute atomic E-state index is 3.03. The summed E-state index contributed by atoms with van der Waals surface area (Å²) >= 11 is 1.86. The summed E-state index contributed by atoms with van der Waals surface area (Å²) in [6, 6.07) is 8.48. The number of hydrogen-bond donors (Lipinski definition) is 0. The third-order valence-electron chi connectivity index (χ3n) is 1.76. The fraction of sp³-hybridized carbons (Fsp3) is 0.273. The van der Waals surface area contributed by atoms with Gasteiger partial charge in [-0.15, -0.1) is 0 Å². The first-order chi connectivity index (χ1) is 5.86. The molecular weight excluding hydrogens is 139 g/mol. The van der Waals surface area contributed by atoms with Gasteiger partial charge in [0.25, 0.3) is 0 Å². The summed E-state index contributed by atoms with van der Waals surface area (Å²) in [4.78, 5) is 0. The topological polar surface area (TPSA) is 0 Å².